The van der Waals surface area contributed by atoms with Crippen LogP contribution >= 0.6 is 0 Å². The van der Waals surface area contributed by atoms with E-state index in [1.54, 1.807) is 13.0 Å². The van der Waals surface area contributed by atoms with Gasteiger partial charge >= 0.3 is 0 Å². The highest BCUT2D eigenvalue weighted by molar-refractivity contribution is 5.91. The number of non-ortho nitro benzene ring substituents is 1. The van der Waals surface area contributed by atoms with Gasteiger partial charge in [0.05, 0.1) is 10.6 Å². The van der Waals surface area contributed by atoms with Crippen molar-refractivity contribution in [2.24, 2.45) is 5.73 Å². The monoisotopic (exact) mass is 251 g/mol. The molecule has 0 saturated carbocycles. The van der Waals surface area contributed by atoms with E-state index < -0.39 is 4.92 Å². The van der Waals surface area contributed by atoms with Crippen LogP contribution in [0, 0.1) is 17.0 Å². The molecular formula is C12H17N3O3. The first-order chi connectivity index (χ1) is 8.40. The number of aryl methyl sites for hydroxylation is 1. The number of rotatable bonds is 5. The standard InChI is InChI=1S/C12H17N3O3/c1-8-3-5-10(15(17)18)7-11(8)14-12(16)6-4-9(2)13/h3,5,7,9H,4,6,13H2,1-2H3,(H,14,16). The molecule has 0 fully saturated rings. The first-order valence-corrected chi connectivity index (χ1v) is 5.70. The third-order valence-electron chi connectivity index (χ3n) is 2.53. The molecule has 0 aliphatic rings. The first-order valence-electron chi connectivity index (χ1n) is 5.70. The van der Waals surface area contributed by atoms with Crippen LogP contribution in [0.15, 0.2) is 18.2 Å². The number of carbonyl (C=O) groups excluding carboxylic acids is 1. The maximum Gasteiger partial charge on any atom is 0.271 e. The number of nitro groups is 1. The molecule has 0 aliphatic carbocycles. The maximum absolute atomic E-state index is 11.6. The fraction of sp³-hybridized carbons (Fsp3) is 0.417. The summed E-state index contributed by atoms with van der Waals surface area (Å²) in [6.45, 7) is 3.61. The van der Waals surface area contributed by atoms with E-state index in [1.807, 2.05) is 6.92 Å². The highest BCUT2D eigenvalue weighted by Gasteiger charge is 2.11. The third-order valence-corrected chi connectivity index (χ3v) is 2.53. The Labute approximate surface area is 105 Å². The summed E-state index contributed by atoms with van der Waals surface area (Å²) in [5, 5.41) is 13.3. The second-order valence-corrected chi connectivity index (χ2v) is 4.32. The fourth-order valence-electron chi connectivity index (χ4n) is 1.43. The van der Waals surface area contributed by atoms with Crippen molar-refractivity contribution in [1.29, 1.82) is 0 Å². The lowest BCUT2D eigenvalue weighted by Gasteiger charge is -2.09. The Bertz CT molecular complexity index is 458. The molecule has 6 nitrogen and oxygen atoms in total. The van der Waals surface area contributed by atoms with Crippen LogP contribution in [0.4, 0.5) is 11.4 Å². The molecule has 6 heteroatoms. The molecule has 0 saturated heterocycles. The van der Waals surface area contributed by atoms with Crippen molar-refractivity contribution in [3.8, 4) is 0 Å². The molecule has 1 atom stereocenters. The van der Waals surface area contributed by atoms with Crippen LogP contribution in [0.5, 0.6) is 0 Å². The molecule has 1 rings (SSSR count). The minimum atomic E-state index is -0.489. The van der Waals surface area contributed by atoms with Crippen molar-refractivity contribution in [2.75, 3.05) is 5.32 Å². The van der Waals surface area contributed by atoms with Crippen LogP contribution in [0.1, 0.15) is 25.3 Å². The molecule has 1 unspecified atom stereocenters. The quantitative estimate of drug-likeness (QED) is 0.617. The summed E-state index contributed by atoms with van der Waals surface area (Å²) in [6.07, 6.45) is 0.888. The number of anilines is 1. The van der Waals surface area contributed by atoms with Crippen molar-refractivity contribution >= 4 is 17.3 Å². The number of hydrogen-bond acceptors (Lipinski definition) is 4. The second-order valence-electron chi connectivity index (χ2n) is 4.32. The number of nitrogens with one attached hydrogen (secondary N) is 1. The zero-order chi connectivity index (χ0) is 13.7. The van der Waals surface area contributed by atoms with Crippen LogP contribution in [-0.4, -0.2) is 16.9 Å². The highest BCUT2D eigenvalue weighted by Crippen LogP contribution is 2.22. The summed E-state index contributed by atoms with van der Waals surface area (Å²) in [5.41, 5.74) is 6.78. The number of nitrogens with zero attached hydrogens (tertiary/aromatic N) is 1. The van der Waals surface area contributed by atoms with E-state index in [0.29, 0.717) is 18.5 Å². The van der Waals surface area contributed by atoms with Crippen LogP contribution in [0.2, 0.25) is 0 Å². The Kier molecular flexibility index (Phi) is 4.79. The van der Waals surface area contributed by atoms with Crippen molar-refractivity contribution in [3.63, 3.8) is 0 Å². The number of hydrogen-bond donors (Lipinski definition) is 2. The molecule has 98 valence electrons. The predicted molar refractivity (Wildman–Crippen MR) is 69.3 cm³/mol. The average molecular weight is 251 g/mol. The number of nitrogens with two attached hydrogens (primary N) is 1. The smallest absolute Gasteiger partial charge is 0.271 e. The summed E-state index contributed by atoms with van der Waals surface area (Å²) in [7, 11) is 0. The van der Waals surface area contributed by atoms with Gasteiger partial charge in [0.15, 0.2) is 0 Å². The van der Waals surface area contributed by atoms with Gasteiger partial charge in [0.2, 0.25) is 5.91 Å². The average Bonchev–Trinajstić information content (AvgIpc) is 2.29. The van der Waals surface area contributed by atoms with Gasteiger partial charge in [-0.3, -0.25) is 14.9 Å². The molecule has 3 N–H and O–H groups in total. The molecule has 0 spiro atoms. The van der Waals surface area contributed by atoms with Crippen LogP contribution in [0.25, 0.3) is 0 Å². The van der Waals surface area contributed by atoms with Crippen molar-refractivity contribution in [1.82, 2.24) is 0 Å². The van der Waals surface area contributed by atoms with Crippen molar-refractivity contribution in [3.05, 3.63) is 33.9 Å². The van der Waals surface area contributed by atoms with Gasteiger partial charge in [-0.15, -0.1) is 0 Å². The van der Waals surface area contributed by atoms with Gasteiger partial charge in [-0.25, -0.2) is 0 Å². The van der Waals surface area contributed by atoms with Crippen LogP contribution in [0.3, 0.4) is 0 Å². The molecule has 0 radical (unpaired) electrons. The normalized spacial score (nSPS) is 11.9. The molecule has 0 aromatic heterocycles. The highest BCUT2D eigenvalue weighted by atomic mass is 16.6. The van der Waals surface area contributed by atoms with Gasteiger partial charge < -0.3 is 11.1 Å². The Morgan fingerprint density at radius 3 is 2.78 bits per heavy atom. The summed E-state index contributed by atoms with van der Waals surface area (Å²) in [6, 6.07) is 4.34. The predicted octanol–water partition coefficient (Wildman–Crippen LogP) is 1.97. The number of amides is 1. The maximum atomic E-state index is 11.6. The summed E-state index contributed by atoms with van der Waals surface area (Å²) >= 11 is 0. The Morgan fingerprint density at radius 2 is 2.22 bits per heavy atom. The van der Waals surface area contributed by atoms with E-state index in [2.05, 4.69) is 5.32 Å². The second kappa shape index (κ2) is 6.11. The van der Waals surface area contributed by atoms with Crippen LogP contribution < -0.4 is 11.1 Å². The zero-order valence-electron chi connectivity index (χ0n) is 10.5. The van der Waals surface area contributed by atoms with E-state index >= 15 is 0 Å². The van der Waals surface area contributed by atoms with Gasteiger partial charge in [-0.2, -0.15) is 0 Å². The minimum absolute atomic E-state index is 0.0388. The van der Waals surface area contributed by atoms with Crippen molar-refractivity contribution < 1.29 is 9.72 Å². The topological polar surface area (TPSA) is 98.3 Å². The Balaban J connectivity index is 2.74. The molecule has 1 amide bonds. The van der Waals surface area contributed by atoms with E-state index in [-0.39, 0.29) is 17.6 Å². The van der Waals surface area contributed by atoms with Crippen molar-refractivity contribution in [2.45, 2.75) is 32.7 Å². The zero-order valence-corrected chi connectivity index (χ0v) is 10.5. The van der Waals surface area contributed by atoms with E-state index in [9.17, 15) is 14.9 Å². The summed E-state index contributed by atoms with van der Waals surface area (Å²) in [5.74, 6) is -0.184. The van der Waals surface area contributed by atoms with Gasteiger partial charge in [-0.05, 0) is 25.8 Å². The van der Waals surface area contributed by atoms with E-state index in [0.717, 1.165) is 5.56 Å². The van der Waals surface area contributed by atoms with E-state index in [1.165, 1.54) is 12.1 Å². The lowest BCUT2D eigenvalue weighted by Crippen LogP contribution is -2.19. The number of benzene rings is 1. The van der Waals surface area contributed by atoms with Gasteiger partial charge in [-0.1, -0.05) is 6.07 Å². The third kappa shape index (κ3) is 4.14. The molecule has 18 heavy (non-hydrogen) atoms. The Morgan fingerprint density at radius 1 is 1.56 bits per heavy atom. The van der Waals surface area contributed by atoms with Crippen LogP contribution in [-0.2, 0) is 4.79 Å². The molecular weight excluding hydrogens is 234 g/mol. The summed E-state index contributed by atoms with van der Waals surface area (Å²) < 4.78 is 0. The number of nitro benzene ring substituents is 1. The molecule has 1 aromatic carbocycles. The summed E-state index contributed by atoms with van der Waals surface area (Å²) in [4.78, 5) is 21.8. The lowest BCUT2D eigenvalue weighted by molar-refractivity contribution is -0.384. The SMILES string of the molecule is Cc1ccc([N+](=O)[O-])cc1NC(=O)CCC(C)N. The minimum Gasteiger partial charge on any atom is -0.328 e. The molecule has 0 bridgehead atoms. The van der Waals surface area contributed by atoms with Gasteiger partial charge in [0.25, 0.3) is 5.69 Å². The molecule has 1 aromatic rings. The molecule has 0 heterocycles. The first kappa shape index (κ1) is 14.1. The fourth-order valence-corrected chi connectivity index (χ4v) is 1.43. The van der Waals surface area contributed by atoms with Gasteiger partial charge in [0.1, 0.15) is 0 Å². The van der Waals surface area contributed by atoms with E-state index in [4.69, 9.17) is 5.73 Å². The largest absolute Gasteiger partial charge is 0.328 e. The number of carbonyl (C=O) groups is 1. The Hall–Kier alpha value is -1.95. The molecule has 0 aliphatic heterocycles. The lowest BCUT2D eigenvalue weighted by atomic mass is 10.1. The van der Waals surface area contributed by atoms with Gasteiger partial charge in [0, 0.05) is 24.6 Å².